The number of nitrogens with zero attached hydrogens (tertiary/aromatic N) is 1. The molecule has 0 aliphatic carbocycles. The molecule has 0 heterocycles. The van der Waals surface area contributed by atoms with Crippen LogP contribution in [0.15, 0.2) is -0.620 Å². The quantitative estimate of drug-likeness (QED) is 0.613. The van der Waals surface area contributed by atoms with Gasteiger partial charge in [-0.05, 0) is 0 Å². The van der Waals surface area contributed by atoms with Crippen molar-refractivity contribution < 1.29 is 42.8 Å². The Morgan fingerprint density at radius 2 is 1.88 bits per heavy atom. The molecule has 0 aromatic rings. The van der Waals surface area contributed by atoms with Gasteiger partial charge in [0, 0.05) is 0 Å². The van der Waals surface area contributed by atoms with Crippen LogP contribution in [0, 0.1) is 42.8 Å². The van der Waals surface area contributed by atoms with Crippen molar-refractivity contribution >= 4 is 55.5 Å². The number of rotatable bonds is 1. The molecule has 0 aromatic carbocycles. The van der Waals surface area contributed by atoms with Crippen molar-refractivity contribution in [3.63, 3.8) is 0 Å². The Morgan fingerprint density at radius 1 is 1.50 bits per heavy atom. The first-order valence-electron chi connectivity index (χ1n) is 2.87. The molecule has 1 nitrogen and oxygen atoms in total. The van der Waals surface area contributed by atoms with Gasteiger partial charge in [-0.25, -0.2) is 0 Å². The predicted octanol–water partition coefficient (Wildman–Crippen LogP) is 0.187. The predicted molar refractivity (Wildman–Crippen MR) is 33.5 cm³/mol. The van der Waals surface area contributed by atoms with Crippen molar-refractivity contribution in [3.8, 4) is 0 Å². The van der Waals surface area contributed by atoms with Gasteiger partial charge in [-0.2, -0.15) is 0 Å². The van der Waals surface area contributed by atoms with Crippen LogP contribution in [0.4, 0.5) is 0 Å². The molecule has 0 amide bonds. The van der Waals surface area contributed by atoms with Gasteiger partial charge in [0.2, 0.25) is 0 Å². The Balaban J connectivity index is 4.00. The van der Waals surface area contributed by atoms with E-state index in [-0.39, 0.29) is 0 Å². The molecular weight excluding hydrogens is 386 g/mol. The molecule has 38 valence electrons. The zero-order chi connectivity index (χ0) is 6.73. The molecule has 0 atom stereocenters. The van der Waals surface area contributed by atoms with Crippen LogP contribution in [0.25, 0.3) is 0 Å². The Morgan fingerprint density at radius 3 is 1.88 bits per heavy atom. The van der Waals surface area contributed by atoms with Gasteiger partial charge in [0.15, 0.2) is 0 Å². The van der Waals surface area contributed by atoms with Crippen LogP contribution in [0.2, 0.25) is 0 Å². The molecular formula is C5H10NRaRb. The fourth-order valence-corrected chi connectivity index (χ4v) is 3.38. The summed E-state index contributed by atoms with van der Waals surface area (Å²) >= 11 is 1.49. The minimum absolute atomic E-state index is 0.673. The molecule has 0 saturated carbocycles. The van der Waals surface area contributed by atoms with E-state index in [0.717, 1.165) is 55.5 Å². The minimum atomic E-state index is 0.673. The standard InChI is InChI=1S/C5H9N.Ra.Rb.H/c1-5(2)6(3)4;;;/h1,3-4H3;;;. The zero-order valence-corrected chi connectivity index (χ0v) is 19.6. The van der Waals surface area contributed by atoms with E-state index in [4.69, 9.17) is 0 Å². The first-order chi connectivity index (χ1) is 3.55. The molecule has 8 heavy (non-hydrogen) atoms. The van der Waals surface area contributed by atoms with Crippen molar-refractivity contribution in [1.29, 1.82) is 0 Å². The van der Waals surface area contributed by atoms with Crippen molar-refractivity contribution in [2.24, 2.45) is 0 Å². The van der Waals surface area contributed by atoms with Crippen molar-refractivity contribution in [2.75, 3.05) is 14.1 Å². The summed E-state index contributed by atoms with van der Waals surface area (Å²) in [6, 6.07) is 0. The second-order valence-corrected chi connectivity index (χ2v) is 32.5. The fraction of sp³-hybridized carbons (Fsp3) is 0.600. The molecule has 0 radical (unpaired) electrons. The molecule has 0 spiro atoms. The molecule has 0 fully saturated rings. The summed E-state index contributed by atoms with van der Waals surface area (Å²) in [5.74, 6) is 0. The van der Waals surface area contributed by atoms with Gasteiger partial charge in [0.1, 0.15) is 0 Å². The normalized spacial score (nSPS) is 13.0. The second kappa shape index (κ2) is 5.46. The summed E-state index contributed by atoms with van der Waals surface area (Å²) in [7, 11) is 4.26. The average molecular weight is 396 g/mol. The van der Waals surface area contributed by atoms with Crippen molar-refractivity contribution in [1.82, 2.24) is 4.90 Å². The van der Waals surface area contributed by atoms with Crippen LogP contribution in [-0.4, -0.2) is 74.5 Å². The molecule has 3 heteroatoms. The number of allylic oxidation sites excluding steroid dienone is 1. The Hall–Kier alpha value is 2.81. The molecule has 0 bridgehead atoms. The maximum absolute atomic E-state index is 2.23. The second-order valence-electron chi connectivity index (χ2n) is 2.48. The van der Waals surface area contributed by atoms with E-state index >= 15 is 0 Å². The topological polar surface area (TPSA) is 3.24 Å². The van der Waals surface area contributed by atoms with E-state index < -0.39 is 0 Å². The van der Waals surface area contributed by atoms with Gasteiger partial charge >= 0.3 is 124 Å². The van der Waals surface area contributed by atoms with Crippen LogP contribution in [-0.2, 0) is 0 Å². The van der Waals surface area contributed by atoms with Crippen LogP contribution in [0.5, 0.6) is 0 Å². The zero-order valence-electron chi connectivity index (χ0n) is 6.45. The number of hydrogen-bond donors (Lipinski definition) is 0. The first kappa shape index (κ1) is 10.8. The third-order valence-corrected chi connectivity index (χ3v) is 6.15. The van der Waals surface area contributed by atoms with E-state index in [2.05, 4.69) is 25.9 Å². The van der Waals surface area contributed by atoms with Gasteiger partial charge in [-0.15, -0.1) is 0 Å². The van der Waals surface area contributed by atoms with Gasteiger partial charge in [-0.1, -0.05) is 0 Å². The summed E-state index contributed by atoms with van der Waals surface area (Å²) in [6.45, 7) is 2.23. The SMILES string of the molecule is C/C(=[C](/[Rb])[RaH])N(C)C. The van der Waals surface area contributed by atoms with E-state index in [1.165, 1.54) is 0 Å². The first-order valence-corrected chi connectivity index (χ1v) is 9.44. The summed E-state index contributed by atoms with van der Waals surface area (Å²) in [5, 5.41) is 0. The summed E-state index contributed by atoms with van der Waals surface area (Å²) < 4.78 is 1.82. The summed E-state index contributed by atoms with van der Waals surface area (Å²) in [4.78, 5) is 2.23. The van der Waals surface area contributed by atoms with Gasteiger partial charge in [-0.3, -0.25) is 0 Å². The molecule has 0 aliphatic rings. The summed E-state index contributed by atoms with van der Waals surface area (Å²) in [6.07, 6.45) is 0. The van der Waals surface area contributed by atoms with E-state index in [9.17, 15) is 0 Å². The van der Waals surface area contributed by atoms with E-state index in [0.29, 0.717) is 42.8 Å². The number of hydrogen-bond acceptors (Lipinski definition) is 1. The molecule has 0 aliphatic heterocycles. The van der Waals surface area contributed by atoms with Gasteiger partial charge < -0.3 is 0 Å². The molecule has 0 N–H and O–H groups in total. The fourth-order valence-electron chi connectivity index (χ4n) is 0.447. The molecule has 0 unspecified atom stereocenters. The maximum atomic E-state index is 2.23. The molecule has 0 rings (SSSR count). The van der Waals surface area contributed by atoms with Crippen LogP contribution >= 0.6 is 0 Å². The van der Waals surface area contributed by atoms with E-state index in [1.54, 1.807) is 5.70 Å². The molecule has 0 saturated heterocycles. The molecule has 0 aromatic heterocycles. The van der Waals surface area contributed by atoms with Crippen molar-refractivity contribution in [2.45, 2.75) is 6.92 Å². The third kappa shape index (κ3) is 4.60. The Labute approximate surface area is 120 Å². The van der Waals surface area contributed by atoms with Gasteiger partial charge in [0.25, 0.3) is 0 Å². The van der Waals surface area contributed by atoms with Crippen LogP contribution < -0.4 is 0 Å². The summed E-state index contributed by atoms with van der Waals surface area (Å²) in [5.41, 5.74) is 1.55. The Kier molecular flexibility index (Phi) is 7.38. The van der Waals surface area contributed by atoms with Gasteiger partial charge in [0.05, 0.1) is 0 Å². The average Bonchev–Trinajstić information content (AvgIpc) is 1.64. The van der Waals surface area contributed by atoms with Crippen LogP contribution in [0.3, 0.4) is 0 Å². The van der Waals surface area contributed by atoms with E-state index in [1.807, 2.05) is -6.32 Å². The Bertz CT molecular complexity index is 105. The van der Waals surface area contributed by atoms with Crippen LogP contribution in [0.1, 0.15) is 6.92 Å². The third-order valence-electron chi connectivity index (χ3n) is 1.39. The van der Waals surface area contributed by atoms with Crippen molar-refractivity contribution in [3.05, 3.63) is -0.620 Å². The monoisotopic (exact) mass is 395 g/mol.